The molecule has 0 unspecified atom stereocenters. The van der Waals surface area contributed by atoms with Gasteiger partial charge in [-0.25, -0.2) is 0 Å². The molecular formula is C54H94O22S4. The van der Waals surface area contributed by atoms with Crippen LogP contribution in [0.4, 0.5) is 0 Å². The first-order chi connectivity index (χ1) is 39.7. The second-order valence-electron chi connectivity index (χ2n) is 17.5. The minimum Gasteiger partial charge on any atom is -0.382 e. The van der Waals surface area contributed by atoms with E-state index in [9.17, 15) is 0 Å². The average Bonchev–Trinajstić information content (AvgIpc) is 4.11. The molecule has 0 spiro atoms. The van der Waals surface area contributed by atoms with Gasteiger partial charge in [0.25, 0.3) is 0 Å². The van der Waals surface area contributed by atoms with Crippen molar-refractivity contribution in [2.45, 2.75) is 0 Å². The molecule has 0 radical (unpaired) electrons. The van der Waals surface area contributed by atoms with Crippen molar-refractivity contribution in [1.29, 1.82) is 0 Å². The maximum atomic E-state index is 6.63. The van der Waals surface area contributed by atoms with Crippen LogP contribution in [0.2, 0.25) is 0 Å². The van der Waals surface area contributed by atoms with Crippen LogP contribution in [0, 0.1) is 11.8 Å². The molecule has 0 atom stereocenters. The summed E-state index contributed by atoms with van der Waals surface area (Å²) < 4.78 is 133. The number of hydrogen-bond donors (Lipinski definition) is 0. The van der Waals surface area contributed by atoms with Gasteiger partial charge in [-0.15, -0.1) is 0 Å². The minimum absolute atomic E-state index is 0.291. The Kier molecular flexibility index (Phi) is 46.5. The Hall–Kier alpha value is -0.520. The first kappa shape index (κ1) is 72.0. The fourth-order valence-corrected chi connectivity index (χ4v) is 13.1. The lowest BCUT2D eigenvalue weighted by atomic mass is 9.87. The maximum Gasteiger partial charge on any atom is 0.0789 e. The highest BCUT2D eigenvalue weighted by molar-refractivity contribution is 8.29. The summed E-state index contributed by atoms with van der Waals surface area (Å²) in [4.78, 5) is 4.14. The lowest BCUT2D eigenvalue weighted by molar-refractivity contribution is -0.0108. The van der Waals surface area contributed by atoms with Gasteiger partial charge in [-0.3, -0.25) is 0 Å². The molecule has 0 saturated heterocycles. The number of ether oxygens (including phenoxy) is 22. The van der Waals surface area contributed by atoms with Gasteiger partial charge in [-0.2, -0.15) is 0 Å². The molecular weight excluding hydrogens is 1130 g/mol. The van der Waals surface area contributed by atoms with E-state index in [0.29, 0.717) is 264 Å². The molecule has 80 heavy (non-hydrogen) atoms. The van der Waals surface area contributed by atoms with E-state index >= 15 is 0 Å². The van der Waals surface area contributed by atoms with E-state index in [2.05, 4.69) is 0 Å². The topological polar surface area (TPSA) is 203 Å². The van der Waals surface area contributed by atoms with Crippen LogP contribution in [0.25, 0.3) is 0 Å². The van der Waals surface area contributed by atoms with Gasteiger partial charge < -0.3 is 104 Å². The molecule has 4 aliphatic heterocycles. The molecule has 26 heteroatoms. The van der Waals surface area contributed by atoms with Crippen LogP contribution in [0.1, 0.15) is 0 Å². The second kappa shape index (κ2) is 51.7. The summed E-state index contributed by atoms with van der Waals surface area (Å²) >= 11 is 6.73. The summed E-state index contributed by atoms with van der Waals surface area (Å²) in [5.41, 5.74) is 2.06. The molecule has 4 aliphatic rings. The number of hydrogen-bond acceptors (Lipinski definition) is 26. The van der Waals surface area contributed by atoms with E-state index < -0.39 is 0 Å². The van der Waals surface area contributed by atoms with E-state index in [1.807, 2.05) is 0 Å². The standard InChI is InChI=1S/C54H94O22S4/c1-55-5-9-59-21-29-69-37-45(38-70-30-22-60-10-6-56-2)51(53-77-47-41-73-33-25-65-17-13-63-14-18-66-26-34-74-42-48(47)78-53)52(46(39-71-31-23-61-11-7-57-3)40-72-32-24-62-12-8-58-4)54-79-49-43-75-35-27-67-19-15-64-16-20-68-28-36-76-44-50(49)80-54/h45-46H,5-44H2,1-4H3. The highest BCUT2D eigenvalue weighted by Gasteiger charge is 2.37. The third-order valence-corrected chi connectivity index (χ3v) is 16.8. The van der Waals surface area contributed by atoms with Crippen LogP contribution in [0.5, 0.6) is 0 Å². The van der Waals surface area contributed by atoms with Crippen LogP contribution in [0.15, 0.2) is 39.2 Å². The highest BCUT2D eigenvalue weighted by Crippen LogP contribution is 2.58. The van der Waals surface area contributed by atoms with Crippen molar-refractivity contribution in [3.05, 3.63) is 39.2 Å². The fourth-order valence-electron chi connectivity index (χ4n) is 7.36. The van der Waals surface area contributed by atoms with Crippen molar-refractivity contribution in [2.75, 3.05) is 293 Å². The Morgan fingerprint density at radius 2 is 0.463 bits per heavy atom. The largest absolute Gasteiger partial charge is 0.382 e. The van der Waals surface area contributed by atoms with Gasteiger partial charge in [-0.05, 0) is 11.1 Å². The van der Waals surface area contributed by atoms with Crippen molar-refractivity contribution in [1.82, 2.24) is 0 Å². The summed E-state index contributed by atoms with van der Waals surface area (Å²) in [6, 6.07) is 0. The van der Waals surface area contributed by atoms with E-state index in [4.69, 9.17) is 104 Å². The normalized spacial score (nSPS) is 19.0. The van der Waals surface area contributed by atoms with Crippen LogP contribution in [0.3, 0.4) is 0 Å². The first-order valence-corrected chi connectivity index (χ1v) is 31.0. The van der Waals surface area contributed by atoms with Gasteiger partial charge in [0.15, 0.2) is 0 Å². The lowest BCUT2D eigenvalue weighted by Gasteiger charge is -2.31. The van der Waals surface area contributed by atoms with Crippen LogP contribution < -0.4 is 0 Å². The zero-order chi connectivity index (χ0) is 56.4. The van der Waals surface area contributed by atoms with Crippen molar-refractivity contribution in [2.24, 2.45) is 11.8 Å². The molecule has 0 aromatic rings. The van der Waals surface area contributed by atoms with Gasteiger partial charge in [0.2, 0.25) is 0 Å². The lowest BCUT2D eigenvalue weighted by Crippen LogP contribution is -2.29. The Balaban J connectivity index is 1.89. The summed E-state index contributed by atoms with van der Waals surface area (Å²) in [6.07, 6.45) is 0. The molecule has 22 nitrogen and oxygen atoms in total. The predicted molar refractivity (Wildman–Crippen MR) is 308 cm³/mol. The number of methoxy groups -OCH3 is 4. The molecule has 0 fully saturated rings. The van der Waals surface area contributed by atoms with E-state index in [-0.39, 0.29) is 11.8 Å². The summed E-state index contributed by atoms with van der Waals surface area (Å²) in [7, 11) is 6.62. The minimum atomic E-state index is -0.335. The molecule has 0 aliphatic carbocycles. The molecule has 0 bridgehead atoms. The van der Waals surface area contributed by atoms with Gasteiger partial charge in [-0.1, -0.05) is 47.0 Å². The molecule has 4 heterocycles. The molecule has 0 N–H and O–H groups in total. The summed E-state index contributed by atoms with van der Waals surface area (Å²) in [6.45, 7) is 16.3. The SMILES string of the molecule is COCCOCCOCC(COCCOCCOC)C(=C1SC2=C(COCCOCCOCCOCCOC2)S1)C(=C1SC2=C(COCCOCCOCCOCCOC2)S1)C(COCCOCCOC)COCCOCCOC. The highest BCUT2D eigenvalue weighted by atomic mass is 32.2. The quantitative estimate of drug-likeness (QED) is 0.0772. The Bertz CT molecular complexity index is 1440. The van der Waals surface area contributed by atoms with E-state index in [0.717, 1.165) is 39.2 Å². The van der Waals surface area contributed by atoms with Crippen LogP contribution in [-0.4, -0.2) is 293 Å². The predicted octanol–water partition coefficient (Wildman–Crippen LogP) is 4.94. The Labute approximate surface area is 492 Å². The smallest absolute Gasteiger partial charge is 0.0789 e. The zero-order valence-electron chi connectivity index (χ0n) is 48.1. The molecule has 466 valence electrons. The Morgan fingerprint density at radius 3 is 0.675 bits per heavy atom. The first-order valence-electron chi connectivity index (χ1n) is 27.7. The van der Waals surface area contributed by atoms with Gasteiger partial charge >= 0.3 is 0 Å². The zero-order valence-corrected chi connectivity index (χ0v) is 51.3. The van der Waals surface area contributed by atoms with Crippen molar-refractivity contribution in [3.8, 4) is 0 Å². The van der Waals surface area contributed by atoms with Crippen molar-refractivity contribution >= 4 is 47.0 Å². The fraction of sp³-hybridized carbons (Fsp3) is 0.852. The number of thioether (sulfide) groups is 4. The maximum absolute atomic E-state index is 6.63. The average molecular weight is 1220 g/mol. The van der Waals surface area contributed by atoms with E-state index in [1.54, 1.807) is 75.5 Å². The van der Waals surface area contributed by atoms with Crippen molar-refractivity contribution < 1.29 is 104 Å². The summed E-state index contributed by atoms with van der Waals surface area (Å²) in [5.74, 6) is -0.671. The Morgan fingerprint density at radius 1 is 0.275 bits per heavy atom. The molecule has 0 aromatic heterocycles. The molecule has 0 saturated carbocycles. The third kappa shape index (κ3) is 34.0. The van der Waals surface area contributed by atoms with Gasteiger partial charge in [0.1, 0.15) is 0 Å². The van der Waals surface area contributed by atoms with Crippen molar-refractivity contribution in [3.63, 3.8) is 0 Å². The van der Waals surface area contributed by atoms with Crippen LogP contribution in [-0.2, 0) is 104 Å². The summed E-state index contributed by atoms with van der Waals surface area (Å²) in [5, 5.41) is 0. The molecule has 4 rings (SSSR count). The van der Waals surface area contributed by atoms with E-state index in [1.165, 1.54) is 0 Å². The number of rotatable bonds is 35. The third-order valence-electron chi connectivity index (χ3n) is 11.4. The monoisotopic (exact) mass is 1220 g/mol. The van der Waals surface area contributed by atoms with Gasteiger partial charge in [0, 0.05) is 59.9 Å². The van der Waals surface area contributed by atoms with Gasteiger partial charge in [0.05, 0.1) is 273 Å². The molecule has 0 amide bonds. The molecule has 0 aromatic carbocycles. The second-order valence-corrected chi connectivity index (χ2v) is 22.4. The van der Waals surface area contributed by atoms with Crippen LogP contribution >= 0.6 is 47.0 Å².